The Morgan fingerprint density at radius 1 is 1.23 bits per heavy atom. The number of hydrogen-bond donors (Lipinski definition) is 1. The number of hydrogen-bond acceptors (Lipinski definition) is 2. The van der Waals surface area contributed by atoms with Crippen molar-refractivity contribution in [1.29, 1.82) is 0 Å². The molecule has 0 bridgehead atoms. The van der Waals surface area contributed by atoms with Crippen LogP contribution in [0.25, 0.3) is 0 Å². The van der Waals surface area contributed by atoms with Crippen LogP contribution in [0.4, 0.5) is 0 Å². The van der Waals surface area contributed by atoms with E-state index in [1.807, 2.05) is 0 Å². The van der Waals surface area contributed by atoms with Gasteiger partial charge in [-0.1, -0.05) is 11.6 Å². The minimum Gasteiger partial charge on any atom is -0.314 e. The van der Waals surface area contributed by atoms with E-state index in [0.29, 0.717) is 0 Å². The molecular formula is C11H20N2. The summed E-state index contributed by atoms with van der Waals surface area (Å²) >= 11 is 0. The first-order valence-corrected chi connectivity index (χ1v) is 5.56. The molecule has 1 aliphatic carbocycles. The van der Waals surface area contributed by atoms with Crippen LogP contribution >= 0.6 is 0 Å². The number of allylic oxidation sites excluding steroid dienone is 1. The monoisotopic (exact) mass is 180 g/mol. The fourth-order valence-corrected chi connectivity index (χ4v) is 2.20. The van der Waals surface area contributed by atoms with Crippen molar-refractivity contribution in [2.45, 2.75) is 25.7 Å². The largest absolute Gasteiger partial charge is 0.314 e. The second-order valence-electron chi connectivity index (χ2n) is 4.13. The van der Waals surface area contributed by atoms with Gasteiger partial charge in [0.25, 0.3) is 0 Å². The highest BCUT2D eigenvalue weighted by molar-refractivity contribution is 5.07. The average molecular weight is 180 g/mol. The number of nitrogens with one attached hydrogen (secondary N) is 1. The summed E-state index contributed by atoms with van der Waals surface area (Å²) in [5.74, 6) is 0. The van der Waals surface area contributed by atoms with Crippen molar-refractivity contribution in [1.82, 2.24) is 10.2 Å². The van der Waals surface area contributed by atoms with Crippen LogP contribution in [0.3, 0.4) is 0 Å². The molecule has 1 aliphatic heterocycles. The summed E-state index contributed by atoms with van der Waals surface area (Å²) in [6, 6.07) is 0. The zero-order valence-corrected chi connectivity index (χ0v) is 8.39. The van der Waals surface area contributed by atoms with E-state index >= 15 is 0 Å². The van der Waals surface area contributed by atoms with E-state index < -0.39 is 0 Å². The maximum absolute atomic E-state index is 3.39. The smallest absolute Gasteiger partial charge is 0.0193 e. The van der Waals surface area contributed by atoms with Crippen LogP contribution in [0.2, 0.25) is 0 Å². The summed E-state index contributed by atoms with van der Waals surface area (Å²) < 4.78 is 0. The van der Waals surface area contributed by atoms with E-state index in [9.17, 15) is 0 Å². The Hall–Kier alpha value is -0.340. The lowest BCUT2D eigenvalue weighted by molar-refractivity contribution is 0.256. The molecule has 74 valence electrons. The highest BCUT2D eigenvalue weighted by Crippen LogP contribution is 2.18. The topological polar surface area (TPSA) is 15.3 Å². The lowest BCUT2D eigenvalue weighted by Gasteiger charge is -2.29. The molecule has 2 aliphatic rings. The second kappa shape index (κ2) is 4.77. The molecule has 0 amide bonds. The van der Waals surface area contributed by atoms with E-state index in [1.54, 1.807) is 5.57 Å². The highest BCUT2D eigenvalue weighted by atomic mass is 15.2. The predicted molar refractivity (Wildman–Crippen MR) is 55.9 cm³/mol. The van der Waals surface area contributed by atoms with Crippen molar-refractivity contribution in [3.63, 3.8) is 0 Å². The fraction of sp³-hybridized carbons (Fsp3) is 0.818. The van der Waals surface area contributed by atoms with Gasteiger partial charge in [0.15, 0.2) is 0 Å². The van der Waals surface area contributed by atoms with Crippen LogP contribution < -0.4 is 5.32 Å². The zero-order chi connectivity index (χ0) is 8.93. The molecule has 1 heterocycles. The number of nitrogens with zero attached hydrogens (tertiary/aromatic N) is 1. The third-order valence-electron chi connectivity index (χ3n) is 3.02. The average Bonchev–Trinajstić information content (AvgIpc) is 2.21. The van der Waals surface area contributed by atoms with Gasteiger partial charge in [0, 0.05) is 32.7 Å². The molecule has 0 aromatic heterocycles. The van der Waals surface area contributed by atoms with E-state index in [4.69, 9.17) is 0 Å². The van der Waals surface area contributed by atoms with Crippen LogP contribution in [-0.2, 0) is 0 Å². The SMILES string of the molecule is C1=C(CN2CCNCC2)CCCC1. The van der Waals surface area contributed by atoms with Crippen molar-refractivity contribution in [2.24, 2.45) is 0 Å². The van der Waals surface area contributed by atoms with Gasteiger partial charge >= 0.3 is 0 Å². The molecule has 0 saturated carbocycles. The molecule has 0 spiro atoms. The van der Waals surface area contributed by atoms with Gasteiger partial charge in [-0.15, -0.1) is 0 Å². The standard InChI is InChI=1S/C11H20N2/c1-2-4-11(5-3-1)10-13-8-6-12-7-9-13/h4,12H,1-3,5-10H2. The third-order valence-corrected chi connectivity index (χ3v) is 3.02. The molecule has 2 rings (SSSR count). The lowest BCUT2D eigenvalue weighted by atomic mass is 9.99. The third kappa shape index (κ3) is 2.82. The summed E-state index contributed by atoms with van der Waals surface area (Å²) in [6.45, 7) is 6.05. The lowest BCUT2D eigenvalue weighted by Crippen LogP contribution is -2.44. The maximum atomic E-state index is 3.39. The molecular weight excluding hydrogens is 160 g/mol. The van der Waals surface area contributed by atoms with Gasteiger partial charge in [-0.2, -0.15) is 0 Å². The van der Waals surface area contributed by atoms with Gasteiger partial charge in [0.1, 0.15) is 0 Å². The second-order valence-corrected chi connectivity index (χ2v) is 4.13. The summed E-state index contributed by atoms with van der Waals surface area (Å²) in [5.41, 5.74) is 1.69. The molecule has 0 aromatic rings. The van der Waals surface area contributed by atoms with Crippen molar-refractivity contribution in [3.8, 4) is 0 Å². The van der Waals surface area contributed by atoms with E-state index in [-0.39, 0.29) is 0 Å². The van der Waals surface area contributed by atoms with E-state index in [0.717, 1.165) is 0 Å². The molecule has 0 unspecified atom stereocenters. The number of rotatable bonds is 2. The Balaban J connectivity index is 1.78. The molecule has 2 nitrogen and oxygen atoms in total. The summed E-state index contributed by atoms with van der Waals surface area (Å²) in [4.78, 5) is 2.58. The Morgan fingerprint density at radius 2 is 2.08 bits per heavy atom. The molecule has 2 heteroatoms. The van der Waals surface area contributed by atoms with Gasteiger partial charge in [0.05, 0.1) is 0 Å². The Bertz CT molecular complexity index is 181. The van der Waals surface area contributed by atoms with E-state index in [1.165, 1.54) is 58.4 Å². The first-order chi connectivity index (χ1) is 6.45. The molecule has 0 atom stereocenters. The Kier molecular flexibility index (Phi) is 3.39. The predicted octanol–water partition coefficient (Wildman–Crippen LogP) is 1.39. The molecule has 13 heavy (non-hydrogen) atoms. The van der Waals surface area contributed by atoms with Gasteiger partial charge in [-0.05, 0) is 25.7 Å². The fourth-order valence-electron chi connectivity index (χ4n) is 2.20. The van der Waals surface area contributed by atoms with Crippen molar-refractivity contribution in [3.05, 3.63) is 11.6 Å². The quantitative estimate of drug-likeness (QED) is 0.646. The van der Waals surface area contributed by atoms with Crippen LogP contribution in [0, 0.1) is 0 Å². The number of piperazine rings is 1. The van der Waals surface area contributed by atoms with Gasteiger partial charge in [0.2, 0.25) is 0 Å². The summed E-state index contributed by atoms with van der Waals surface area (Å²) in [5, 5.41) is 3.39. The summed E-state index contributed by atoms with van der Waals surface area (Å²) in [7, 11) is 0. The molecule has 0 radical (unpaired) electrons. The molecule has 1 fully saturated rings. The normalized spacial score (nSPS) is 25.7. The van der Waals surface area contributed by atoms with Gasteiger partial charge < -0.3 is 5.32 Å². The van der Waals surface area contributed by atoms with Crippen molar-refractivity contribution >= 4 is 0 Å². The highest BCUT2D eigenvalue weighted by Gasteiger charge is 2.12. The first-order valence-electron chi connectivity index (χ1n) is 5.56. The van der Waals surface area contributed by atoms with Crippen LogP contribution in [0.15, 0.2) is 11.6 Å². The molecule has 0 aromatic carbocycles. The van der Waals surface area contributed by atoms with Crippen molar-refractivity contribution < 1.29 is 0 Å². The van der Waals surface area contributed by atoms with Gasteiger partial charge in [-0.3, -0.25) is 4.90 Å². The van der Waals surface area contributed by atoms with E-state index in [2.05, 4.69) is 16.3 Å². The minimum absolute atomic E-state index is 1.17. The molecule has 1 N–H and O–H groups in total. The van der Waals surface area contributed by atoms with Gasteiger partial charge in [-0.25, -0.2) is 0 Å². The maximum Gasteiger partial charge on any atom is 0.0193 e. The van der Waals surface area contributed by atoms with Crippen LogP contribution in [-0.4, -0.2) is 37.6 Å². The Morgan fingerprint density at radius 3 is 2.77 bits per heavy atom. The van der Waals surface area contributed by atoms with Crippen molar-refractivity contribution in [2.75, 3.05) is 32.7 Å². The summed E-state index contributed by atoms with van der Waals surface area (Å²) in [6.07, 6.45) is 7.96. The van der Waals surface area contributed by atoms with Crippen LogP contribution in [0.5, 0.6) is 0 Å². The molecule has 1 saturated heterocycles. The van der Waals surface area contributed by atoms with Crippen LogP contribution in [0.1, 0.15) is 25.7 Å². The Labute approximate surface area is 81.0 Å². The first kappa shape index (κ1) is 9.22. The minimum atomic E-state index is 1.17. The zero-order valence-electron chi connectivity index (χ0n) is 8.39.